The molecule has 15 heavy (non-hydrogen) atoms. The van der Waals surface area contributed by atoms with Gasteiger partial charge in [-0.05, 0) is 38.0 Å². The monoisotopic (exact) mass is 213 g/mol. The fourth-order valence-electron chi connectivity index (χ4n) is 2.55. The molecule has 2 heteroatoms. The normalized spacial score (nSPS) is 26.2. The van der Waals surface area contributed by atoms with Crippen LogP contribution in [0.3, 0.4) is 0 Å². The largest absolute Gasteiger partial charge is 0.378 e. The highest BCUT2D eigenvalue weighted by atomic mass is 16.5. The number of rotatable bonds is 6. The van der Waals surface area contributed by atoms with Gasteiger partial charge in [-0.3, -0.25) is 0 Å². The molecule has 0 aromatic rings. The molecule has 1 heterocycles. The lowest BCUT2D eigenvalue weighted by atomic mass is 9.93. The van der Waals surface area contributed by atoms with E-state index in [1.165, 1.54) is 32.1 Å². The van der Waals surface area contributed by atoms with Crippen molar-refractivity contribution < 1.29 is 4.74 Å². The molecule has 0 aliphatic carbocycles. The smallest absolute Gasteiger partial charge is 0.0589 e. The van der Waals surface area contributed by atoms with Crippen molar-refractivity contribution in [3.8, 4) is 0 Å². The molecular formula is C13H27NO. The van der Waals surface area contributed by atoms with Gasteiger partial charge in [0.05, 0.1) is 6.10 Å². The molecule has 0 aromatic carbocycles. The van der Waals surface area contributed by atoms with Crippen LogP contribution in [-0.2, 0) is 4.74 Å². The Labute approximate surface area is 94.6 Å². The maximum Gasteiger partial charge on any atom is 0.0589 e. The summed E-state index contributed by atoms with van der Waals surface area (Å²) >= 11 is 0. The molecule has 1 saturated heterocycles. The third kappa shape index (κ3) is 5.53. The Balaban J connectivity index is 2.13. The summed E-state index contributed by atoms with van der Waals surface area (Å²) in [7, 11) is 0. The van der Waals surface area contributed by atoms with Crippen molar-refractivity contribution >= 4 is 0 Å². The summed E-state index contributed by atoms with van der Waals surface area (Å²) in [5.74, 6) is 0.772. The summed E-state index contributed by atoms with van der Waals surface area (Å²) in [4.78, 5) is 0. The van der Waals surface area contributed by atoms with Crippen LogP contribution in [0.25, 0.3) is 0 Å². The van der Waals surface area contributed by atoms with Crippen LogP contribution in [0.5, 0.6) is 0 Å². The zero-order valence-corrected chi connectivity index (χ0v) is 10.4. The fraction of sp³-hybridized carbons (Fsp3) is 1.00. The van der Waals surface area contributed by atoms with E-state index >= 15 is 0 Å². The second-order valence-corrected chi connectivity index (χ2v) is 5.11. The second kappa shape index (κ2) is 7.24. The van der Waals surface area contributed by atoms with Gasteiger partial charge in [0.15, 0.2) is 0 Å². The molecule has 0 radical (unpaired) electrons. The first-order valence-corrected chi connectivity index (χ1v) is 6.59. The number of hydrogen-bond acceptors (Lipinski definition) is 2. The molecular weight excluding hydrogens is 186 g/mol. The van der Waals surface area contributed by atoms with E-state index in [0.29, 0.717) is 12.1 Å². The van der Waals surface area contributed by atoms with Crippen molar-refractivity contribution in [2.45, 2.75) is 70.9 Å². The van der Waals surface area contributed by atoms with Gasteiger partial charge in [0.1, 0.15) is 0 Å². The highest BCUT2D eigenvalue weighted by Gasteiger charge is 2.18. The van der Waals surface area contributed by atoms with Crippen molar-refractivity contribution in [2.75, 3.05) is 6.61 Å². The standard InChI is InChI=1S/C13H27NO/c1-3-6-11(2)9-12(14)10-13-7-4-5-8-15-13/h11-13H,3-10,14H2,1-2H3. The van der Waals surface area contributed by atoms with Crippen LogP contribution in [0.1, 0.15) is 58.8 Å². The average molecular weight is 213 g/mol. The summed E-state index contributed by atoms with van der Waals surface area (Å²) in [5.41, 5.74) is 6.16. The summed E-state index contributed by atoms with van der Waals surface area (Å²) < 4.78 is 5.71. The van der Waals surface area contributed by atoms with Gasteiger partial charge >= 0.3 is 0 Å². The van der Waals surface area contributed by atoms with Crippen molar-refractivity contribution in [2.24, 2.45) is 11.7 Å². The van der Waals surface area contributed by atoms with E-state index in [9.17, 15) is 0 Å². The lowest BCUT2D eigenvalue weighted by Crippen LogP contribution is -2.31. The minimum absolute atomic E-state index is 0.342. The topological polar surface area (TPSA) is 35.2 Å². The Morgan fingerprint density at radius 1 is 1.40 bits per heavy atom. The van der Waals surface area contributed by atoms with Gasteiger partial charge in [0.2, 0.25) is 0 Å². The number of nitrogens with two attached hydrogens (primary N) is 1. The molecule has 0 amide bonds. The molecule has 3 unspecified atom stereocenters. The van der Waals surface area contributed by atoms with Gasteiger partial charge in [-0.2, -0.15) is 0 Å². The van der Waals surface area contributed by atoms with Crippen LogP contribution in [0.4, 0.5) is 0 Å². The van der Waals surface area contributed by atoms with E-state index in [1.54, 1.807) is 0 Å². The Morgan fingerprint density at radius 2 is 2.20 bits per heavy atom. The van der Waals surface area contributed by atoms with Gasteiger partial charge in [-0.25, -0.2) is 0 Å². The Kier molecular flexibility index (Phi) is 6.26. The van der Waals surface area contributed by atoms with Gasteiger partial charge in [-0.1, -0.05) is 26.7 Å². The molecule has 2 nitrogen and oxygen atoms in total. The Hall–Kier alpha value is -0.0800. The molecule has 0 spiro atoms. The molecule has 1 aliphatic rings. The van der Waals surface area contributed by atoms with E-state index in [0.717, 1.165) is 25.4 Å². The molecule has 0 bridgehead atoms. The summed E-state index contributed by atoms with van der Waals surface area (Å²) in [6.07, 6.45) is 9.02. The first-order valence-electron chi connectivity index (χ1n) is 6.59. The molecule has 1 fully saturated rings. The summed E-state index contributed by atoms with van der Waals surface area (Å²) in [6, 6.07) is 0.342. The van der Waals surface area contributed by atoms with E-state index in [2.05, 4.69) is 13.8 Å². The van der Waals surface area contributed by atoms with E-state index in [-0.39, 0.29) is 0 Å². The van der Waals surface area contributed by atoms with Crippen LogP contribution < -0.4 is 5.73 Å². The van der Waals surface area contributed by atoms with Crippen LogP contribution in [0.15, 0.2) is 0 Å². The minimum Gasteiger partial charge on any atom is -0.378 e. The van der Waals surface area contributed by atoms with Crippen LogP contribution in [-0.4, -0.2) is 18.8 Å². The lowest BCUT2D eigenvalue weighted by molar-refractivity contribution is 0.00626. The van der Waals surface area contributed by atoms with E-state index in [1.807, 2.05) is 0 Å². The van der Waals surface area contributed by atoms with E-state index in [4.69, 9.17) is 10.5 Å². The highest BCUT2D eigenvalue weighted by molar-refractivity contribution is 4.73. The van der Waals surface area contributed by atoms with Crippen LogP contribution in [0.2, 0.25) is 0 Å². The molecule has 90 valence electrons. The van der Waals surface area contributed by atoms with Crippen molar-refractivity contribution in [1.82, 2.24) is 0 Å². The highest BCUT2D eigenvalue weighted by Crippen LogP contribution is 2.20. The van der Waals surface area contributed by atoms with Crippen molar-refractivity contribution in [1.29, 1.82) is 0 Å². The van der Waals surface area contributed by atoms with Gasteiger partial charge in [0.25, 0.3) is 0 Å². The first-order chi connectivity index (χ1) is 7.22. The van der Waals surface area contributed by atoms with Crippen LogP contribution in [0, 0.1) is 5.92 Å². The maximum absolute atomic E-state index is 6.16. The van der Waals surface area contributed by atoms with Gasteiger partial charge < -0.3 is 10.5 Å². The van der Waals surface area contributed by atoms with E-state index < -0.39 is 0 Å². The Morgan fingerprint density at radius 3 is 2.80 bits per heavy atom. The molecule has 1 rings (SSSR count). The zero-order valence-electron chi connectivity index (χ0n) is 10.4. The second-order valence-electron chi connectivity index (χ2n) is 5.11. The predicted molar refractivity (Wildman–Crippen MR) is 64.9 cm³/mol. The van der Waals surface area contributed by atoms with Gasteiger partial charge in [-0.15, -0.1) is 0 Å². The first kappa shape index (κ1) is 13.0. The molecule has 2 N–H and O–H groups in total. The molecule has 0 saturated carbocycles. The molecule has 0 aromatic heterocycles. The number of ether oxygens (including phenoxy) is 1. The third-order valence-corrected chi connectivity index (χ3v) is 3.33. The average Bonchev–Trinajstić information content (AvgIpc) is 2.19. The van der Waals surface area contributed by atoms with Crippen molar-refractivity contribution in [3.63, 3.8) is 0 Å². The number of hydrogen-bond donors (Lipinski definition) is 1. The van der Waals surface area contributed by atoms with Crippen LogP contribution >= 0.6 is 0 Å². The molecule has 3 atom stereocenters. The van der Waals surface area contributed by atoms with Gasteiger partial charge in [0, 0.05) is 12.6 Å². The lowest BCUT2D eigenvalue weighted by Gasteiger charge is -2.26. The predicted octanol–water partition coefficient (Wildman–Crippen LogP) is 3.10. The Bertz CT molecular complexity index is 155. The zero-order chi connectivity index (χ0) is 11.1. The molecule has 1 aliphatic heterocycles. The summed E-state index contributed by atoms with van der Waals surface area (Å²) in [6.45, 7) is 5.50. The fourth-order valence-corrected chi connectivity index (χ4v) is 2.55. The van der Waals surface area contributed by atoms with Crippen molar-refractivity contribution in [3.05, 3.63) is 0 Å². The quantitative estimate of drug-likeness (QED) is 0.736. The summed E-state index contributed by atoms with van der Waals surface area (Å²) in [5, 5.41) is 0. The maximum atomic E-state index is 6.16. The SMILES string of the molecule is CCCC(C)CC(N)CC1CCCCO1. The third-order valence-electron chi connectivity index (χ3n) is 3.33. The minimum atomic E-state index is 0.342.